The van der Waals surface area contributed by atoms with Crippen molar-refractivity contribution in [1.29, 1.82) is 0 Å². The maximum absolute atomic E-state index is 10.3. The van der Waals surface area contributed by atoms with E-state index in [1.54, 1.807) is 12.1 Å². The highest BCUT2D eigenvalue weighted by Gasteiger charge is 2.05. The van der Waals surface area contributed by atoms with Gasteiger partial charge in [0, 0.05) is 12.2 Å². The number of aliphatic carboxylic acids is 1. The quantitative estimate of drug-likeness (QED) is 0.821. The van der Waals surface area contributed by atoms with Crippen molar-refractivity contribution in [3.8, 4) is 0 Å². The number of benzene rings is 1. The third kappa shape index (κ3) is 3.78. The molecule has 0 spiro atoms. The van der Waals surface area contributed by atoms with Gasteiger partial charge in [-0.1, -0.05) is 34.8 Å². The number of rotatable bonds is 4. The zero-order valence-electron chi connectivity index (χ0n) is 7.56. The summed E-state index contributed by atoms with van der Waals surface area (Å²) in [4.78, 5) is 10.3. The van der Waals surface area contributed by atoms with Gasteiger partial charge in [0.05, 0.1) is 21.5 Å². The third-order valence-electron chi connectivity index (χ3n) is 1.65. The summed E-state index contributed by atoms with van der Waals surface area (Å²) in [6.45, 7) is 0.309. The zero-order chi connectivity index (χ0) is 11.4. The van der Waals surface area contributed by atoms with Crippen molar-refractivity contribution in [2.45, 2.75) is 6.42 Å². The molecule has 0 aliphatic rings. The van der Waals surface area contributed by atoms with Crippen molar-refractivity contribution in [2.75, 3.05) is 11.9 Å². The van der Waals surface area contributed by atoms with Crippen LogP contribution in [0.25, 0.3) is 0 Å². The molecule has 0 radical (unpaired) electrons. The molecule has 15 heavy (non-hydrogen) atoms. The second-order valence-corrected chi connectivity index (χ2v) is 4.02. The molecule has 0 amide bonds. The first kappa shape index (κ1) is 12.4. The minimum Gasteiger partial charge on any atom is -0.481 e. The molecule has 0 bridgehead atoms. The SMILES string of the molecule is O=C(O)CCNc1cc(Cl)c(Cl)c(Cl)c1. The van der Waals surface area contributed by atoms with Crippen molar-refractivity contribution in [3.63, 3.8) is 0 Å². The highest BCUT2D eigenvalue weighted by atomic mass is 35.5. The number of nitrogens with one attached hydrogen (secondary N) is 1. The number of hydrogen-bond acceptors (Lipinski definition) is 2. The number of carboxylic acid groups (broad SMARTS) is 1. The van der Waals surface area contributed by atoms with E-state index >= 15 is 0 Å². The van der Waals surface area contributed by atoms with E-state index in [9.17, 15) is 4.79 Å². The first-order chi connectivity index (χ1) is 7.00. The molecule has 0 unspecified atom stereocenters. The van der Waals surface area contributed by atoms with Gasteiger partial charge in [0.15, 0.2) is 0 Å². The van der Waals surface area contributed by atoms with E-state index in [-0.39, 0.29) is 6.42 Å². The molecule has 1 aromatic rings. The average molecular weight is 269 g/mol. The fourth-order valence-electron chi connectivity index (χ4n) is 0.971. The van der Waals surface area contributed by atoms with Crippen molar-refractivity contribution >= 4 is 46.5 Å². The molecular formula is C9H8Cl3NO2. The van der Waals surface area contributed by atoms with Gasteiger partial charge in [0.25, 0.3) is 0 Å². The van der Waals surface area contributed by atoms with E-state index in [1.807, 2.05) is 0 Å². The largest absolute Gasteiger partial charge is 0.481 e. The smallest absolute Gasteiger partial charge is 0.305 e. The van der Waals surface area contributed by atoms with Crippen LogP contribution in [0.2, 0.25) is 15.1 Å². The molecule has 0 atom stereocenters. The Morgan fingerprint density at radius 1 is 1.27 bits per heavy atom. The van der Waals surface area contributed by atoms with E-state index in [1.165, 1.54) is 0 Å². The van der Waals surface area contributed by atoms with E-state index in [0.29, 0.717) is 27.3 Å². The third-order valence-corrected chi connectivity index (χ3v) is 2.85. The van der Waals surface area contributed by atoms with E-state index < -0.39 is 5.97 Å². The summed E-state index contributed by atoms with van der Waals surface area (Å²) in [5.41, 5.74) is 0.649. The second-order valence-electron chi connectivity index (χ2n) is 2.82. The molecule has 0 saturated heterocycles. The lowest BCUT2D eigenvalue weighted by Crippen LogP contribution is -2.07. The molecule has 0 aliphatic heterocycles. The van der Waals surface area contributed by atoms with Gasteiger partial charge in [0.1, 0.15) is 0 Å². The van der Waals surface area contributed by atoms with Crippen LogP contribution in [0, 0.1) is 0 Å². The van der Waals surface area contributed by atoms with Gasteiger partial charge in [-0.15, -0.1) is 0 Å². The molecule has 2 N–H and O–H groups in total. The molecule has 6 heteroatoms. The lowest BCUT2D eigenvalue weighted by atomic mass is 10.3. The highest BCUT2D eigenvalue weighted by molar-refractivity contribution is 6.48. The van der Waals surface area contributed by atoms with Gasteiger partial charge >= 0.3 is 5.97 Å². The predicted octanol–water partition coefficient (Wildman–Crippen LogP) is 3.53. The van der Waals surface area contributed by atoms with Gasteiger partial charge in [0.2, 0.25) is 0 Å². The summed E-state index contributed by atoms with van der Waals surface area (Å²) >= 11 is 17.3. The van der Waals surface area contributed by atoms with Crippen LogP contribution < -0.4 is 5.32 Å². The summed E-state index contributed by atoms with van der Waals surface area (Å²) in [5, 5.41) is 12.3. The normalized spacial score (nSPS) is 10.1. The Labute approximate surface area is 102 Å². The molecule has 1 rings (SSSR count). The van der Waals surface area contributed by atoms with Crippen molar-refractivity contribution in [3.05, 3.63) is 27.2 Å². The van der Waals surface area contributed by atoms with Crippen LogP contribution in [-0.2, 0) is 4.79 Å². The molecular weight excluding hydrogens is 260 g/mol. The number of hydrogen-bond donors (Lipinski definition) is 2. The Bertz CT molecular complexity index is 359. The Balaban J connectivity index is 2.66. The topological polar surface area (TPSA) is 49.3 Å². The van der Waals surface area contributed by atoms with Crippen LogP contribution in [0.15, 0.2) is 12.1 Å². The second kappa shape index (κ2) is 5.45. The number of carboxylic acids is 1. The van der Waals surface area contributed by atoms with Crippen LogP contribution in [0.4, 0.5) is 5.69 Å². The van der Waals surface area contributed by atoms with Gasteiger partial charge in [-0.2, -0.15) is 0 Å². The number of halogens is 3. The van der Waals surface area contributed by atoms with Crippen LogP contribution in [0.5, 0.6) is 0 Å². The van der Waals surface area contributed by atoms with Crippen LogP contribution in [0.3, 0.4) is 0 Å². The maximum Gasteiger partial charge on any atom is 0.305 e. The molecule has 3 nitrogen and oxygen atoms in total. The molecule has 0 heterocycles. The van der Waals surface area contributed by atoms with Gasteiger partial charge < -0.3 is 10.4 Å². The summed E-state index contributed by atoms with van der Waals surface area (Å²) in [7, 11) is 0. The summed E-state index contributed by atoms with van der Waals surface area (Å²) < 4.78 is 0. The molecule has 0 fully saturated rings. The monoisotopic (exact) mass is 267 g/mol. The Morgan fingerprint density at radius 2 is 1.80 bits per heavy atom. The fraction of sp³-hybridized carbons (Fsp3) is 0.222. The molecule has 0 aromatic heterocycles. The van der Waals surface area contributed by atoms with Crippen molar-refractivity contribution in [2.24, 2.45) is 0 Å². The van der Waals surface area contributed by atoms with E-state index in [4.69, 9.17) is 39.9 Å². The maximum atomic E-state index is 10.3. The molecule has 1 aromatic carbocycles. The summed E-state index contributed by atoms with van der Waals surface area (Å²) in [5.74, 6) is -0.867. The van der Waals surface area contributed by atoms with Crippen LogP contribution >= 0.6 is 34.8 Å². The summed E-state index contributed by atoms with van der Waals surface area (Å²) in [6.07, 6.45) is 0.0257. The van der Waals surface area contributed by atoms with Crippen LogP contribution in [-0.4, -0.2) is 17.6 Å². The van der Waals surface area contributed by atoms with E-state index in [2.05, 4.69) is 5.32 Å². The fourth-order valence-corrected chi connectivity index (χ4v) is 1.57. The molecule has 82 valence electrons. The van der Waals surface area contributed by atoms with Gasteiger partial charge in [-0.05, 0) is 12.1 Å². The first-order valence-electron chi connectivity index (χ1n) is 4.11. The van der Waals surface area contributed by atoms with Crippen LogP contribution in [0.1, 0.15) is 6.42 Å². The van der Waals surface area contributed by atoms with Crippen molar-refractivity contribution < 1.29 is 9.90 Å². The predicted molar refractivity (Wildman–Crippen MR) is 62.2 cm³/mol. The average Bonchev–Trinajstić information content (AvgIpc) is 2.13. The Morgan fingerprint density at radius 3 is 2.27 bits per heavy atom. The number of carbonyl (C=O) groups is 1. The highest BCUT2D eigenvalue weighted by Crippen LogP contribution is 2.32. The lowest BCUT2D eigenvalue weighted by molar-refractivity contribution is -0.136. The van der Waals surface area contributed by atoms with Gasteiger partial charge in [-0.3, -0.25) is 4.79 Å². The number of anilines is 1. The summed E-state index contributed by atoms with van der Waals surface area (Å²) in [6, 6.07) is 3.19. The van der Waals surface area contributed by atoms with Crippen molar-refractivity contribution in [1.82, 2.24) is 0 Å². The minimum atomic E-state index is -0.867. The standard InChI is InChI=1S/C9H8Cl3NO2/c10-6-3-5(4-7(11)9(6)12)13-2-1-8(14)15/h3-4,13H,1-2H2,(H,14,15). The first-order valence-corrected chi connectivity index (χ1v) is 5.24. The minimum absolute atomic E-state index is 0.0257. The Kier molecular flexibility index (Phi) is 4.51. The molecule has 0 saturated carbocycles. The van der Waals surface area contributed by atoms with Gasteiger partial charge in [-0.25, -0.2) is 0 Å². The van der Waals surface area contributed by atoms with E-state index in [0.717, 1.165) is 0 Å². The lowest BCUT2D eigenvalue weighted by Gasteiger charge is -2.07. The molecule has 0 aliphatic carbocycles. The zero-order valence-corrected chi connectivity index (χ0v) is 9.83. The Hall–Kier alpha value is -0.640.